The van der Waals surface area contributed by atoms with Crippen LogP contribution in [0.3, 0.4) is 0 Å². The van der Waals surface area contributed by atoms with Crippen LogP contribution in [-0.4, -0.2) is 15.0 Å². The summed E-state index contributed by atoms with van der Waals surface area (Å²) < 4.78 is 0. The minimum atomic E-state index is -0.151. The summed E-state index contributed by atoms with van der Waals surface area (Å²) in [6.07, 6.45) is 19.4. The Hall–Kier alpha value is -6.97. The van der Waals surface area contributed by atoms with Crippen LogP contribution in [0.2, 0.25) is 0 Å². The Bertz CT molecular complexity index is 2870. The van der Waals surface area contributed by atoms with Gasteiger partial charge in [0.25, 0.3) is 0 Å². The van der Waals surface area contributed by atoms with Gasteiger partial charge in [0.1, 0.15) is 0 Å². The van der Waals surface area contributed by atoms with E-state index in [0.29, 0.717) is 11.7 Å². The van der Waals surface area contributed by atoms with Gasteiger partial charge >= 0.3 is 0 Å². The highest BCUT2D eigenvalue weighted by Gasteiger charge is 2.35. The molecular formula is C52H37N3. The smallest absolute Gasteiger partial charge is 0.160 e. The summed E-state index contributed by atoms with van der Waals surface area (Å²) in [4.78, 5) is 15.0. The van der Waals surface area contributed by atoms with E-state index in [1.807, 2.05) is 12.4 Å². The molecule has 3 heteroatoms. The second-order valence-corrected chi connectivity index (χ2v) is 14.7. The first kappa shape index (κ1) is 32.7. The number of rotatable bonds is 6. The maximum Gasteiger partial charge on any atom is 0.160 e. The van der Waals surface area contributed by atoms with Crippen molar-refractivity contribution in [1.29, 1.82) is 0 Å². The summed E-state index contributed by atoms with van der Waals surface area (Å²) in [5.41, 5.74) is 11.8. The van der Waals surface area contributed by atoms with E-state index in [0.717, 1.165) is 50.2 Å². The van der Waals surface area contributed by atoms with Gasteiger partial charge in [0.2, 0.25) is 0 Å². The van der Waals surface area contributed by atoms with E-state index in [2.05, 4.69) is 200 Å². The van der Waals surface area contributed by atoms with E-state index < -0.39 is 0 Å². The van der Waals surface area contributed by atoms with E-state index >= 15 is 0 Å². The molecule has 0 radical (unpaired) electrons. The Morgan fingerprint density at radius 2 is 1.20 bits per heavy atom. The number of fused-ring (bicyclic) bond motifs is 3. The molecule has 0 N–H and O–H groups in total. The van der Waals surface area contributed by atoms with E-state index in [1.165, 1.54) is 32.9 Å². The minimum Gasteiger partial charge on any atom is -0.263 e. The third-order valence-corrected chi connectivity index (χ3v) is 11.3. The maximum atomic E-state index is 5.25. The lowest BCUT2D eigenvalue weighted by Crippen LogP contribution is -2.32. The van der Waals surface area contributed by atoms with Gasteiger partial charge in [-0.05, 0) is 62.2 Å². The minimum absolute atomic E-state index is 0.151. The molecule has 260 valence electrons. The largest absolute Gasteiger partial charge is 0.263 e. The van der Waals surface area contributed by atoms with Gasteiger partial charge in [-0.25, -0.2) is 9.97 Å². The Kier molecular flexibility index (Phi) is 8.00. The molecule has 0 saturated heterocycles. The lowest BCUT2D eigenvalue weighted by atomic mass is 9.65. The quantitative estimate of drug-likeness (QED) is 0.173. The van der Waals surface area contributed by atoms with Crippen LogP contribution in [0.4, 0.5) is 0 Å². The van der Waals surface area contributed by atoms with Crippen molar-refractivity contribution in [2.24, 2.45) is 5.92 Å². The normalized spacial score (nSPS) is 17.3. The lowest BCUT2D eigenvalue weighted by molar-refractivity contribution is 0.482. The first-order valence-electron chi connectivity index (χ1n) is 18.9. The van der Waals surface area contributed by atoms with Crippen LogP contribution in [0.15, 0.2) is 206 Å². The fourth-order valence-corrected chi connectivity index (χ4v) is 8.25. The summed E-state index contributed by atoms with van der Waals surface area (Å²) in [5, 5.41) is 4.78. The monoisotopic (exact) mass is 703 g/mol. The van der Waals surface area contributed by atoms with Crippen LogP contribution in [0.1, 0.15) is 12.5 Å². The van der Waals surface area contributed by atoms with E-state index in [9.17, 15) is 0 Å². The van der Waals surface area contributed by atoms with Gasteiger partial charge in [0, 0.05) is 51.4 Å². The van der Waals surface area contributed by atoms with Gasteiger partial charge in [0.05, 0.1) is 11.4 Å². The predicted molar refractivity (Wildman–Crippen MR) is 228 cm³/mol. The molecule has 6 aromatic carbocycles. The predicted octanol–water partition coefficient (Wildman–Crippen LogP) is 13.0. The van der Waals surface area contributed by atoms with Crippen LogP contribution in [-0.2, 0) is 5.41 Å². The zero-order valence-corrected chi connectivity index (χ0v) is 30.5. The molecule has 2 atom stereocenters. The van der Waals surface area contributed by atoms with Gasteiger partial charge < -0.3 is 0 Å². The molecular weight excluding hydrogens is 667 g/mol. The number of aromatic nitrogens is 3. The van der Waals surface area contributed by atoms with Crippen molar-refractivity contribution in [2.45, 2.75) is 12.3 Å². The number of pyridine rings is 1. The maximum absolute atomic E-state index is 5.25. The zero-order chi connectivity index (χ0) is 36.8. The first-order valence-corrected chi connectivity index (χ1v) is 18.9. The molecule has 2 aliphatic carbocycles. The van der Waals surface area contributed by atoms with Crippen molar-refractivity contribution in [3.63, 3.8) is 0 Å². The van der Waals surface area contributed by atoms with Crippen LogP contribution in [0.5, 0.6) is 0 Å². The van der Waals surface area contributed by atoms with Crippen molar-refractivity contribution < 1.29 is 0 Å². The van der Waals surface area contributed by atoms with Crippen LogP contribution < -0.4 is 0 Å². The number of hydrogen-bond acceptors (Lipinski definition) is 3. The molecule has 2 aliphatic rings. The van der Waals surface area contributed by atoms with Gasteiger partial charge in [-0.3, -0.25) is 4.98 Å². The summed E-state index contributed by atoms with van der Waals surface area (Å²) in [7, 11) is 0. The van der Waals surface area contributed by atoms with E-state index in [4.69, 9.17) is 9.97 Å². The van der Waals surface area contributed by atoms with Crippen molar-refractivity contribution >= 4 is 21.5 Å². The molecule has 3 nitrogen and oxygen atoms in total. The Balaban J connectivity index is 1.06. The van der Waals surface area contributed by atoms with Gasteiger partial charge in [-0.1, -0.05) is 177 Å². The standard InChI is InChI=1S/C52H37N3/c1-52(29-9-16-37-11-5-7-18-48(37)52)45-27-25-39(26-28-45)51-54-49(38-22-20-36(21-23-38)47-34-53-33-44-13-4-6-17-46(44)47)32-50(55-51)43-15-8-14-41(31-43)42-24-19-35-10-2-3-12-40(35)30-42/h2-34,48H,1H3. The molecule has 0 saturated carbocycles. The van der Waals surface area contributed by atoms with Crippen molar-refractivity contribution in [1.82, 2.24) is 15.0 Å². The second kappa shape index (κ2) is 13.5. The zero-order valence-electron chi connectivity index (χ0n) is 30.5. The highest BCUT2D eigenvalue weighted by atomic mass is 14.9. The van der Waals surface area contributed by atoms with Crippen molar-refractivity contribution in [3.05, 3.63) is 212 Å². The number of nitrogens with zero attached hydrogens (tertiary/aromatic N) is 3. The molecule has 0 amide bonds. The van der Waals surface area contributed by atoms with Crippen LogP contribution in [0, 0.1) is 5.92 Å². The fourth-order valence-electron chi connectivity index (χ4n) is 8.25. The SMILES string of the molecule is CC1(c2ccc(-c3nc(-c4ccc(-c5cncc6ccccc56)cc4)cc(-c4cccc(-c5ccc6ccccc6c5)c4)n3)cc2)C=CC=C2C=CC=CC21. The average Bonchev–Trinajstić information content (AvgIpc) is 3.26. The highest BCUT2D eigenvalue weighted by Crippen LogP contribution is 2.43. The third-order valence-electron chi connectivity index (χ3n) is 11.3. The molecule has 10 rings (SSSR count). The molecule has 8 aromatic rings. The first-order chi connectivity index (χ1) is 27.1. The molecule has 0 aliphatic heterocycles. The van der Waals surface area contributed by atoms with Crippen molar-refractivity contribution in [3.8, 4) is 56.2 Å². The number of allylic oxidation sites excluding steroid dienone is 8. The van der Waals surface area contributed by atoms with Crippen LogP contribution in [0.25, 0.3) is 77.7 Å². The topological polar surface area (TPSA) is 38.7 Å². The highest BCUT2D eigenvalue weighted by molar-refractivity contribution is 5.96. The molecule has 2 heterocycles. The molecule has 0 fully saturated rings. The molecule has 55 heavy (non-hydrogen) atoms. The molecule has 2 unspecified atom stereocenters. The van der Waals surface area contributed by atoms with Gasteiger partial charge in [-0.2, -0.15) is 0 Å². The molecule has 0 bridgehead atoms. The van der Waals surface area contributed by atoms with Crippen LogP contribution >= 0.6 is 0 Å². The summed E-state index contributed by atoms with van der Waals surface area (Å²) in [6.45, 7) is 2.33. The summed E-state index contributed by atoms with van der Waals surface area (Å²) in [6, 6.07) is 51.9. The average molecular weight is 704 g/mol. The van der Waals surface area contributed by atoms with Gasteiger partial charge in [-0.15, -0.1) is 0 Å². The van der Waals surface area contributed by atoms with Crippen molar-refractivity contribution in [2.75, 3.05) is 0 Å². The van der Waals surface area contributed by atoms with E-state index in [1.54, 1.807) is 0 Å². The second-order valence-electron chi connectivity index (χ2n) is 14.7. The molecule has 2 aromatic heterocycles. The van der Waals surface area contributed by atoms with Gasteiger partial charge in [0.15, 0.2) is 5.82 Å². The summed E-state index contributed by atoms with van der Waals surface area (Å²) >= 11 is 0. The Morgan fingerprint density at radius 3 is 2.05 bits per heavy atom. The lowest BCUT2D eigenvalue weighted by Gasteiger charge is -2.38. The Morgan fingerprint density at radius 1 is 0.509 bits per heavy atom. The number of hydrogen-bond donors (Lipinski definition) is 0. The molecule has 0 spiro atoms. The third kappa shape index (κ3) is 6.00. The number of benzene rings is 6. The summed E-state index contributed by atoms with van der Waals surface area (Å²) in [5.74, 6) is 0.991. The fraction of sp³-hybridized carbons (Fsp3) is 0.0577. The van der Waals surface area contributed by atoms with E-state index in [-0.39, 0.29) is 5.41 Å². The Labute approximate surface area is 321 Å².